The Labute approximate surface area is 111 Å². The second kappa shape index (κ2) is 5.85. The van der Waals surface area contributed by atoms with Gasteiger partial charge in [-0.2, -0.15) is 5.26 Å². The molecule has 4 nitrogen and oxygen atoms in total. The lowest BCUT2D eigenvalue weighted by Crippen LogP contribution is -2.18. The van der Waals surface area contributed by atoms with Gasteiger partial charge >= 0.3 is 0 Å². The second-order valence-electron chi connectivity index (χ2n) is 4.42. The van der Waals surface area contributed by atoms with Crippen molar-refractivity contribution in [2.75, 3.05) is 18.4 Å². The lowest BCUT2D eigenvalue weighted by atomic mass is 10.0. The van der Waals surface area contributed by atoms with E-state index in [2.05, 4.69) is 10.6 Å². The van der Waals surface area contributed by atoms with E-state index in [0.29, 0.717) is 28.6 Å². The molecule has 1 aromatic rings. The summed E-state index contributed by atoms with van der Waals surface area (Å²) in [6.07, 6.45) is 1.56. The van der Waals surface area contributed by atoms with Gasteiger partial charge in [-0.05, 0) is 43.6 Å². The molecular formula is C13H14ClN3O. The number of benzene rings is 1. The first kappa shape index (κ1) is 12.9. The molecule has 1 aromatic carbocycles. The summed E-state index contributed by atoms with van der Waals surface area (Å²) in [4.78, 5) is 11.8. The minimum absolute atomic E-state index is 0.00975. The van der Waals surface area contributed by atoms with Gasteiger partial charge in [-0.3, -0.25) is 4.79 Å². The molecule has 0 saturated carbocycles. The summed E-state index contributed by atoms with van der Waals surface area (Å²) in [6, 6.07) is 6.88. The van der Waals surface area contributed by atoms with Crippen LogP contribution in [0.5, 0.6) is 0 Å². The number of rotatable bonds is 3. The van der Waals surface area contributed by atoms with Crippen LogP contribution in [0.4, 0.5) is 5.69 Å². The highest BCUT2D eigenvalue weighted by atomic mass is 35.5. The lowest BCUT2D eigenvalue weighted by molar-refractivity contribution is -0.116. The summed E-state index contributed by atoms with van der Waals surface area (Å²) in [7, 11) is 0. The topological polar surface area (TPSA) is 64.9 Å². The van der Waals surface area contributed by atoms with Crippen molar-refractivity contribution in [3.05, 3.63) is 28.8 Å². The highest BCUT2D eigenvalue weighted by Gasteiger charge is 2.18. The fraction of sp³-hybridized carbons (Fsp3) is 0.385. The van der Waals surface area contributed by atoms with Crippen molar-refractivity contribution in [1.29, 1.82) is 5.26 Å². The Kier molecular flexibility index (Phi) is 4.19. The minimum atomic E-state index is -0.00975. The van der Waals surface area contributed by atoms with Gasteiger partial charge in [-0.1, -0.05) is 11.6 Å². The number of nitriles is 1. The third kappa shape index (κ3) is 3.22. The van der Waals surface area contributed by atoms with E-state index in [1.165, 1.54) is 0 Å². The molecule has 0 spiro atoms. The van der Waals surface area contributed by atoms with E-state index >= 15 is 0 Å². The molecule has 1 atom stereocenters. The van der Waals surface area contributed by atoms with Crippen LogP contribution >= 0.6 is 11.6 Å². The van der Waals surface area contributed by atoms with E-state index < -0.39 is 0 Å². The van der Waals surface area contributed by atoms with Gasteiger partial charge in [0.05, 0.1) is 10.6 Å². The molecule has 0 aromatic heterocycles. The number of hydrogen-bond acceptors (Lipinski definition) is 3. The molecule has 0 radical (unpaired) electrons. The molecule has 1 aliphatic heterocycles. The van der Waals surface area contributed by atoms with Crippen LogP contribution in [-0.4, -0.2) is 19.0 Å². The van der Waals surface area contributed by atoms with Crippen LogP contribution in [0, 0.1) is 17.2 Å². The number of nitrogens with one attached hydrogen (secondary N) is 2. The minimum Gasteiger partial charge on any atom is -0.326 e. The molecule has 0 aliphatic carbocycles. The van der Waals surface area contributed by atoms with Gasteiger partial charge in [0.1, 0.15) is 6.07 Å². The van der Waals surface area contributed by atoms with Crippen molar-refractivity contribution >= 4 is 23.2 Å². The smallest absolute Gasteiger partial charge is 0.224 e. The van der Waals surface area contributed by atoms with E-state index in [0.717, 1.165) is 19.5 Å². The number of hydrogen-bond donors (Lipinski definition) is 2. The van der Waals surface area contributed by atoms with Crippen molar-refractivity contribution in [3.63, 3.8) is 0 Å². The number of anilines is 1. The van der Waals surface area contributed by atoms with Gasteiger partial charge in [-0.25, -0.2) is 0 Å². The van der Waals surface area contributed by atoms with Gasteiger partial charge in [0.2, 0.25) is 5.91 Å². The summed E-state index contributed by atoms with van der Waals surface area (Å²) in [5.41, 5.74) is 1.05. The van der Waals surface area contributed by atoms with Gasteiger partial charge < -0.3 is 10.6 Å². The van der Waals surface area contributed by atoms with E-state index in [1.54, 1.807) is 18.2 Å². The van der Waals surface area contributed by atoms with Gasteiger partial charge in [0, 0.05) is 12.1 Å². The fourth-order valence-corrected chi connectivity index (χ4v) is 2.27. The third-order valence-electron chi connectivity index (χ3n) is 3.01. The summed E-state index contributed by atoms with van der Waals surface area (Å²) in [6.45, 7) is 1.89. The fourth-order valence-electron chi connectivity index (χ4n) is 2.05. The zero-order chi connectivity index (χ0) is 13.0. The van der Waals surface area contributed by atoms with Crippen molar-refractivity contribution in [2.24, 2.45) is 5.92 Å². The van der Waals surface area contributed by atoms with Crippen molar-refractivity contribution in [3.8, 4) is 6.07 Å². The Morgan fingerprint density at radius 2 is 2.44 bits per heavy atom. The largest absolute Gasteiger partial charge is 0.326 e. The van der Waals surface area contributed by atoms with Gasteiger partial charge in [0.25, 0.3) is 0 Å². The Hall–Kier alpha value is -1.57. The molecule has 94 valence electrons. The number of carbonyl (C=O) groups excluding carboxylic acids is 1. The molecule has 1 unspecified atom stereocenters. The maximum Gasteiger partial charge on any atom is 0.224 e. The first-order chi connectivity index (χ1) is 8.69. The van der Waals surface area contributed by atoms with Crippen LogP contribution in [0.3, 0.4) is 0 Å². The van der Waals surface area contributed by atoms with E-state index in [4.69, 9.17) is 16.9 Å². The third-order valence-corrected chi connectivity index (χ3v) is 3.32. The first-order valence-corrected chi connectivity index (χ1v) is 6.27. The van der Waals surface area contributed by atoms with E-state index in [-0.39, 0.29) is 5.91 Å². The molecule has 1 saturated heterocycles. The maximum absolute atomic E-state index is 11.8. The standard InChI is InChI=1S/C13H14ClN3O/c14-12-6-11(2-1-10(12)7-15)17-13(18)5-9-3-4-16-8-9/h1-2,6,9,16H,3-5,8H2,(H,17,18). The van der Waals surface area contributed by atoms with Crippen LogP contribution < -0.4 is 10.6 Å². The van der Waals surface area contributed by atoms with Crippen LogP contribution in [-0.2, 0) is 4.79 Å². The Morgan fingerprint density at radius 3 is 3.06 bits per heavy atom. The quantitative estimate of drug-likeness (QED) is 0.878. The molecular weight excluding hydrogens is 250 g/mol. The molecule has 0 bridgehead atoms. The van der Waals surface area contributed by atoms with Crippen LogP contribution in [0.2, 0.25) is 5.02 Å². The van der Waals surface area contributed by atoms with Crippen LogP contribution in [0.15, 0.2) is 18.2 Å². The average Bonchev–Trinajstić information content (AvgIpc) is 2.82. The number of carbonyl (C=O) groups is 1. The molecule has 1 fully saturated rings. The van der Waals surface area contributed by atoms with Crippen molar-refractivity contribution in [2.45, 2.75) is 12.8 Å². The zero-order valence-corrected chi connectivity index (χ0v) is 10.6. The van der Waals surface area contributed by atoms with Crippen LogP contribution in [0.1, 0.15) is 18.4 Å². The number of nitrogens with zero attached hydrogens (tertiary/aromatic N) is 1. The molecule has 5 heteroatoms. The van der Waals surface area contributed by atoms with E-state index in [1.807, 2.05) is 6.07 Å². The van der Waals surface area contributed by atoms with Crippen LogP contribution in [0.25, 0.3) is 0 Å². The Balaban J connectivity index is 1.94. The average molecular weight is 264 g/mol. The normalized spacial score (nSPS) is 18.3. The predicted molar refractivity (Wildman–Crippen MR) is 70.4 cm³/mol. The highest BCUT2D eigenvalue weighted by Crippen LogP contribution is 2.21. The summed E-state index contributed by atoms with van der Waals surface area (Å²) in [5.74, 6) is 0.406. The SMILES string of the molecule is N#Cc1ccc(NC(=O)CC2CCNC2)cc1Cl. The summed E-state index contributed by atoms with van der Waals surface area (Å²) in [5, 5.41) is 15.1. The summed E-state index contributed by atoms with van der Waals surface area (Å²) >= 11 is 5.90. The molecule has 2 N–H and O–H groups in total. The molecule has 2 rings (SSSR count). The highest BCUT2D eigenvalue weighted by molar-refractivity contribution is 6.32. The van der Waals surface area contributed by atoms with Gasteiger partial charge in [-0.15, -0.1) is 0 Å². The second-order valence-corrected chi connectivity index (χ2v) is 4.82. The first-order valence-electron chi connectivity index (χ1n) is 5.89. The maximum atomic E-state index is 11.8. The van der Waals surface area contributed by atoms with Crippen molar-refractivity contribution in [1.82, 2.24) is 5.32 Å². The zero-order valence-electron chi connectivity index (χ0n) is 9.87. The molecule has 18 heavy (non-hydrogen) atoms. The summed E-state index contributed by atoms with van der Waals surface area (Å²) < 4.78 is 0. The predicted octanol–water partition coefficient (Wildman–Crippen LogP) is 2.15. The number of amides is 1. The van der Waals surface area contributed by atoms with Crippen molar-refractivity contribution < 1.29 is 4.79 Å². The van der Waals surface area contributed by atoms with E-state index in [9.17, 15) is 4.79 Å². The Morgan fingerprint density at radius 1 is 1.61 bits per heavy atom. The molecule has 1 heterocycles. The van der Waals surface area contributed by atoms with Gasteiger partial charge in [0.15, 0.2) is 0 Å². The molecule has 1 amide bonds. The number of halogens is 1. The monoisotopic (exact) mass is 263 g/mol. The lowest BCUT2D eigenvalue weighted by Gasteiger charge is -2.09. The molecule has 1 aliphatic rings. The Bertz CT molecular complexity index is 489.